The fourth-order valence-corrected chi connectivity index (χ4v) is 1.60. The summed E-state index contributed by atoms with van der Waals surface area (Å²) in [6.45, 7) is 6.85. The maximum Gasteiger partial charge on any atom is -0.00201 e. The Balaban J connectivity index is 0.000000140. The lowest BCUT2D eigenvalue weighted by molar-refractivity contribution is 0.563. The molecule has 1 N–H and O–H groups in total. The van der Waals surface area contributed by atoms with Crippen LogP contribution in [0.3, 0.4) is 0 Å². The largest absolute Gasteiger partial charge is 0.316 e. The summed E-state index contributed by atoms with van der Waals surface area (Å²) >= 11 is 0. The molecular formula is C13H21N. The molecule has 0 radical (unpaired) electrons. The van der Waals surface area contributed by atoms with Crippen LogP contribution in [0.5, 0.6) is 0 Å². The molecule has 0 saturated carbocycles. The molecule has 1 aliphatic heterocycles. The van der Waals surface area contributed by atoms with Crippen LogP contribution in [-0.4, -0.2) is 13.1 Å². The summed E-state index contributed by atoms with van der Waals surface area (Å²) < 4.78 is 0. The fourth-order valence-electron chi connectivity index (χ4n) is 1.60. The molecule has 1 nitrogen and oxygen atoms in total. The SMILES string of the molecule is CCC1CCNC1.Cc1ccccc1. The van der Waals surface area contributed by atoms with Gasteiger partial charge in [-0.15, -0.1) is 0 Å². The molecule has 0 aromatic heterocycles. The van der Waals surface area contributed by atoms with Crippen LogP contribution in [0.2, 0.25) is 0 Å². The average molecular weight is 191 g/mol. The Morgan fingerprint density at radius 1 is 1.29 bits per heavy atom. The van der Waals surface area contributed by atoms with Crippen molar-refractivity contribution < 1.29 is 0 Å². The van der Waals surface area contributed by atoms with E-state index in [1.54, 1.807) is 0 Å². The van der Waals surface area contributed by atoms with Gasteiger partial charge in [0.1, 0.15) is 0 Å². The van der Waals surface area contributed by atoms with E-state index in [-0.39, 0.29) is 0 Å². The monoisotopic (exact) mass is 191 g/mol. The molecule has 2 rings (SSSR count). The molecule has 1 heterocycles. The van der Waals surface area contributed by atoms with Gasteiger partial charge < -0.3 is 5.32 Å². The molecule has 1 atom stereocenters. The van der Waals surface area contributed by atoms with E-state index in [0.717, 1.165) is 5.92 Å². The van der Waals surface area contributed by atoms with Crippen molar-refractivity contribution in [2.24, 2.45) is 5.92 Å². The van der Waals surface area contributed by atoms with Crippen molar-refractivity contribution in [1.82, 2.24) is 5.32 Å². The van der Waals surface area contributed by atoms with Gasteiger partial charge in [-0.2, -0.15) is 0 Å². The highest BCUT2D eigenvalue weighted by atomic mass is 14.9. The van der Waals surface area contributed by atoms with Crippen LogP contribution in [0.1, 0.15) is 25.3 Å². The third-order valence-electron chi connectivity index (χ3n) is 2.68. The molecule has 1 aromatic rings. The smallest absolute Gasteiger partial charge is 0.00201 e. The Hall–Kier alpha value is -0.820. The van der Waals surface area contributed by atoms with Crippen molar-refractivity contribution in [3.63, 3.8) is 0 Å². The second-order valence-electron chi connectivity index (χ2n) is 3.92. The van der Waals surface area contributed by atoms with Gasteiger partial charge in [-0.3, -0.25) is 0 Å². The standard InChI is InChI=1S/C7H8.C6H13N/c1-7-5-3-2-4-6-7;1-2-6-3-4-7-5-6/h2-6H,1H3;6-7H,2-5H2,1H3. The second-order valence-corrected chi connectivity index (χ2v) is 3.92. The minimum atomic E-state index is 0.986. The van der Waals surface area contributed by atoms with Gasteiger partial charge in [0.25, 0.3) is 0 Å². The minimum absolute atomic E-state index is 0.986. The first kappa shape index (κ1) is 11.3. The Kier molecular flexibility index (Phi) is 5.31. The average Bonchev–Trinajstić information content (AvgIpc) is 2.72. The molecule has 1 unspecified atom stereocenters. The van der Waals surface area contributed by atoms with Crippen molar-refractivity contribution in [2.45, 2.75) is 26.7 Å². The minimum Gasteiger partial charge on any atom is -0.316 e. The van der Waals surface area contributed by atoms with Gasteiger partial charge in [0.2, 0.25) is 0 Å². The Bertz CT molecular complexity index is 224. The van der Waals surface area contributed by atoms with Crippen molar-refractivity contribution in [3.05, 3.63) is 35.9 Å². The molecular weight excluding hydrogens is 170 g/mol. The van der Waals surface area contributed by atoms with E-state index in [1.165, 1.54) is 31.5 Å². The summed E-state index contributed by atoms with van der Waals surface area (Å²) in [7, 11) is 0. The zero-order valence-electron chi connectivity index (χ0n) is 9.29. The second kappa shape index (κ2) is 6.61. The highest BCUT2D eigenvalue weighted by Gasteiger charge is 2.10. The Morgan fingerprint density at radius 3 is 2.29 bits per heavy atom. The first-order valence-corrected chi connectivity index (χ1v) is 5.55. The van der Waals surface area contributed by atoms with Crippen LogP contribution in [0, 0.1) is 12.8 Å². The molecule has 0 bridgehead atoms. The van der Waals surface area contributed by atoms with Crippen LogP contribution in [-0.2, 0) is 0 Å². The lowest BCUT2D eigenvalue weighted by Gasteiger charge is -1.98. The maximum absolute atomic E-state index is 3.32. The lowest BCUT2D eigenvalue weighted by Crippen LogP contribution is -2.07. The molecule has 1 aromatic carbocycles. The fraction of sp³-hybridized carbons (Fsp3) is 0.538. The highest BCUT2D eigenvalue weighted by molar-refractivity contribution is 5.11. The molecule has 0 amide bonds. The van der Waals surface area contributed by atoms with Crippen molar-refractivity contribution in [3.8, 4) is 0 Å². The summed E-state index contributed by atoms with van der Waals surface area (Å²) in [6.07, 6.45) is 2.75. The number of nitrogens with one attached hydrogen (secondary N) is 1. The molecule has 78 valence electrons. The summed E-state index contributed by atoms with van der Waals surface area (Å²) in [5.74, 6) is 0.986. The molecule has 1 aliphatic rings. The number of aryl methyl sites for hydroxylation is 1. The molecule has 1 heteroatoms. The van der Waals surface area contributed by atoms with E-state index in [2.05, 4.69) is 31.3 Å². The van der Waals surface area contributed by atoms with Gasteiger partial charge in [0, 0.05) is 0 Å². The quantitative estimate of drug-likeness (QED) is 0.719. The number of benzene rings is 1. The lowest BCUT2D eigenvalue weighted by atomic mass is 10.1. The predicted molar refractivity (Wildman–Crippen MR) is 62.4 cm³/mol. The molecule has 0 aliphatic carbocycles. The van der Waals surface area contributed by atoms with Crippen molar-refractivity contribution in [2.75, 3.05) is 13.1 Å². The van der Waals surface area contributed by atoms with Gasteiger partial charge >= 0.3 is 0 Å². The normalized spacial score (nSPS) is 20.0. The zero-order chi connectivity index (χ0) is 10.2. The maximum atomic E-state index is 3.32. The molecule has 14 heavy (non-hydrogen) atoms. The van der Waals surface area contributed by atoms with Crippen LogP contribution in [0.25, 0.3) is 0 Å². The molecule has 1 saturated heterocycles. The summed E-state index contributed by atoms with van der Waals surface area (Å²) in [6, 6.07) is 10.3. The summed E-state index contributed by atoms with van der Waals surface area (Å²) in [5, 5.41) is 3.32. The van der Waals surface area contributed by atoms with Gasteiger partial charge in [0.15, 0.2) is 0 Å². The van der Waals surface area contributed by atoms with Crippen molar-refractivity contribution in [1.29, 1.82) is 0 Å². The number of rotatable bonds is 1. The highest BCUT2D eigenvalue weighted by Crippen LogP contribution is 2.09. The van der Waals surface area contributed by atoms with E-state index in [0.29, 0.717) is 0 Å². The van der Waals surface area contributed by atoms with E-state index in [1.807, 2.05) is 18.2 Å². The zero-order valence-corrected chi connectivity index (χ0v) is 9.29. The number of hydrogen-bond acceptors (Lipinski definition) is 1. The van der Waals surface area contributed by atoms with E-state index >= 15 is 0 Å². The van der Waals surface area contributed by atoms with Crippen LogP contribution < -0.4 is 5.32 Å². The van der Waals surface area contributed by atoms with Gasteiger partial charge in [-0.25, -0.2) is 0 Å². The van der Waals surface area contributed by atoms with E-state index < -0.39 is 0 Å². The van der Waals surface area contributed by atoms with E-state index in [9.17, 15) is 0 Å². The first-order chi connectivity index (χ1) is 6.83. The van der Waals surface area contributed by atoms with Gasteiger partial charge in [0.05, 0.1) is 0 Å². The number of hydrogen-bond donors (Lipinski definition) is 1. The molecule has 1 fully saturated rings. The van der Waals surface area contributed by atoms with Gasteiger partial charge in [-0.05, 0) is 32.4 Å². The third kappa shape index (κ3) is 4.43. The van der Waals surface area contributed by atoms with Crippen LogP contribution >= 0.6 is 0 Å². The van der Waals surface area contributed by atoms with Crippen LogP contribution in [0.4, 0.5) is 0 Å². The van der Waals surface area contributed by atoms with Crippen LogP contribution in [0.15, 0.2) is 30.3 Å². The third-order valence-corrected chi connectivity index (χ3v) is 2.68. The Morgan fingerprint density at radius 2 is 2.00 bits per heavy atom. The topological polar surface area (TPSA) is 12.0 Å². The van der Waals surface area contributed by atoms with E-state index in [4.69, 9.17) is 0 Å². The Labute approximate surface area is 87.5 Å². The molecule has 0 spiro atoms. The summed E-state index contributed by atoms with van der Waals surface area (Å²) in [4.78, 5) is 0. The van der Waals surface area contributed by atoms with Gasteiger partial charge in [-0.1, -0.05) is 49.2 Å². The van der Waals surface area contributed by atoms with Crippen molar-refractivity contribution >= 4 is 0 Å². The predicted octanol–water partition coefficient (Wildman–Crippen LogP) is 3.00. The summed E-state index contributed by atoms with van der Waals surface area (Å²) in [5.41, 5.74) is 1.32. The first-order valence-electron chi connectivity index (χ1n) is 5.55.